The predicted octanol–water partition coefficient (Wildman–Crippen LogP) is 0.651. The summed E-state index contributed by atoms with van der Waals surface area (Å²) in [6.07, 6.45) is 3.80. The molecule has 2 atom stereocenters. The van der Waals surface area contributed by atoms with E-state index in [4.69, 9.17) is 10.3 Å². The number of aromatic nitrogens is 2. The van der Waals surface area contributed by atoms with E-state index in [2.05, 4.69) is 15.5 Å². The number of nitrogens with one attached hydrogen (secondary N) is 1. The van der Waals surface area contributed by atoms with Gasteiger partial charge in [-0.2, -0.15) is 4.98 Å². The van der Waals surface area contributed by atoms with Crippen molar-refractivity contribution in [2.24, 2.45) is 11.7 Å². The normalized spacial score (nSPS) is 21.4. The van der Waals surface area contributed by atoms with Crippen LogP contribution in [0.3, 0.4) is 0 Å². The Morgan fingerprint density at radius 3 is 2.50 bits per heavy atom. The van der Waals surface area contributed by atoms with Gasteiger partial charge in [0.2, 0.25) is 11.8 Å². The van der Waals surface area contributed by atoms with E-state index in [1.54, 1.807) is 11.8 Å². The molecule has 3 rings (SSSR count). The summed E-state index contributed by atoms with van der Waals surface area (Å²) in [7, 11) is 0. The van der Waals surface area contributed by atoms with Crippen molar-refractivity contribution in [1.29, 1.82) is 0 Å². The summed E-state index contributed by atoms with van der Waals surface area (Å²) in [6, 6.07) is -0.467. The second kappa shape index (κ2) is 6.88. The summed E-state index contributed by atoms with van der Waals surface area (Å²) in [4.78, 5) is 30.1. The van der Waals surface area contributed by atoms with Crippen LogP contribution >= 0.6 is 0 Å². The zero-order chi connectivity index (χ0) is 17.3. The molecule has 2 heterocycles. The minimum Gasteiger partial charge on any atom is -0.346 e. The Labute approximate surface area is 141 Å². The first kappa shape index (κ1) is 16.9. The van der Waals surface area contributed by atoms with Gasteiger partial charge in [-0.05, 0) is 45.4 Å². The average Bonchev–Trinajstić information content (AvgIpc) is 3.31. The number of nitrogens with zero attached hydrogens (tertiary/aromatic N) is 3. The topological polar surface area (TPSA) is 114 Å². The SMILES string of the molecule is CC(N)C(=O)N1CCC(C(C)NC(=O)c2noc(C3CC3)n2)CC1. The number of hydrogen-bond donors (Lipinski definition) is 2. The maximum absolute atomic E-state index is 12.2. The Morgan fingerprint density at radius 2 is 1.92 bits per heavy atom. The molecule has 8 nitrogen and oxygen atoms in total. The van der Waals surface area contributed by atoms with Crippen molar-refractivity contribution in [3.05, 3.63) is 11.7 Å². The Hall–Kier alpha value is -1.96. The van der Waals surface area contributed by atoms with Crippen LogP contribution < -0.4 is 11.1 Å². The summed E-state index contributed by atoms with van der Waals surface area (Å²) < 4.78 is 5.12. The fourth-order valence-electron chi connectivity index (χ4n) is 3.12. The first-order chi connectivity index (χ1) is 11.5. The first-order valence-electron chi connectivity index (χ1n) is 8.64. The second-order valence-corrected chi connectivity index (χ2v) is 6.94. The molecule has 3 N–H and O–H groups in total. The number of hydrogen-bond acceptors (Lipinski definition) is 6. The van der Waals surface area contributed by atoms with Crippen molar-refractivity contribution < 1.29 is 14.1 Å². The fraction of sp³-hybridized carbons (Fsp3) is 0.750. The van der Waals surface area contributed by atoms with Gasteiger partial charge in [0, 0.05) is 25.0 Å². The minimum atomic E-state index is -0.461. The number of piperidine rings is 1. The number of carbonyl (C=O) groups is 2. The van der Waals surface area contributed by atoms with Gasteiger partial charge in [0.25, 0.3) is 11.7 Å². The molecule has 1 saturated carbocycles. The van der Waals surface area contributed by atoms with Crippen LogP contribution in [0.25, 0.3) is 0 Å². The molecular weight excluding hydrogens is 310 g/mol. The molecule has 0 radical (unpaired) electrons. The van der Waals surface area contributed by atoms with E-state index in [0.29, 0.717) is 30.8 Å². The zero-order valence-corrected chi connectivity index (χ0v) is 14.2. The maximum Gasteiger partial charge on any atom is 0.292 e. The molecule has 2 fully saturated rings. The van der Waals surface area contributed by atoms with Gasteiger partial charge in [-0.1, -0.05) is 5.16 Å². The lowest BCUT2D eigenvalue weighted by Crippen LogP contribution is -2.49. The molecule has 0 bridgehead atoms. The summed E-state index contributed by atoms with van der Waals surface area (Å²) in [5, 5.41) is 6.72. The predicted molar refractivity (Wildman–Crippen MR) is 86.2 cm³/mol. The number of carbonyl (C=O) groups excluding carboxylic acids is 2. The minimum absolute atomic E-state index is 0.00655. The van der Waals surface area contributed by atoms with E-state index in [1.807, 2.05) is 6.92 Å². The van der Waals surface area contributed by atoms with Crippen molar-refractivity contribution in [3.8, 4) is 0 Å². The van der Waals surface area contributed by atoms with Gasteiger partial charge >= 0.3 is 0 Å². The maximum atomic E-state index is 12.2. The molecule has 8 heteroatoms. The smallest absolute Gasteiger partial charge is 0.292 e. The van der Waals surface area contributed by atoms with Gasteiger partial charge in [-0.15, -0.1) is 0 Å². The summed E-state index contributed by atoms with van der Waals surface area (Å²) in [6.45, 7) is 5.05. The van der Waals surface area contributed by atoms with Crippen LogP contribution in [0.4, 0.5) is 0 Å². The highest BCUT2D eigenvalue weighted by atomic mass is 16.5. The molecule has 2 unspecified atom stereocenters. The van der Waals surface area contributed by atoms with E-state index < -0.39 is 6.04 Å². The highest BCUT2D eigenvalue weighted by Crippen LogP contribution is 2.38. The van der Waals surface area contributed by atoms with Gasteiger partial charge in [-0.25, -0.2) is 0 Å². The van der Waals surface area contributed by atoms with Gasteiger partial charge in [0.15, 0.2) is 0 Å². The molecule has 1 aliphatic heterocycles. The molecule has 1 aromatic heterocycles. The highest BCUT2D eigenvalue weighted by Gasteiger charge is 2.32. The average molecular weight is 335 g/mol. The highest BCUT2D eigenvalue weighted by molar-refractivity contribution is 5.90. The number of rotatable bonds is 5. The number of likely N-dealkylation sites (tertiary alicyclic amines) is 1. The molecule has 1 saturated heterocycles. The molecule has 2 amide bonds. The largest absolute Gasteiger partial charge is 0.346 e. The van der Waals surface area contributed by atoms with Crippen LogP contribution in [-0.2, 0) is 4.79 Å². The van der Waals surface area contributed by atoms with Gasteiger partial charge < -0.3 is 20.5 Å². The molecule has 1 aliphatic carbocycles. The Kier molecular flexibility index (Phi) is 4.84. The van der Waals surface area contributed by atoms with Crippen molar-refractivity contribution in [3.63, 3.8) is 0 Å². The van der Waals surface area contributed by atoms with Crippen LogP contribution in [0.2, 0.25) is 0 Å². The van der Waals surface area contributed by atoms with Gasteiger partial charge in [0.05, 0.1) is 6.04 Å². The zero-order valence-electron chi connectivity index (χ0n) is 14.2. The monoisotopic (exact) mass is 335 g/mol. The van der Waals surface area contributed by atoms with Crippen molar-refractivity contribution >= 4 is 11.8 Å². The lowest BCUT2D eigenvalue weighted by atomic mass is 9.90. The lowest BCUT2D eigenvalue weighted by Gasteiger charge is -2.35. The van der Waals surface area contributed by atoms with Crippen molar-refractivity contribution in [1.82, 2.24) is 20.4 Å². The van der Waals surface area contributed by atoms with E-state index >= 15 is 0 Å². The standard InChI is InChI=1S/C16H25N5O3/c1-9(17)16(23)21-7-5-11(6-8-21)10(2)18-14(22)13-19-15(24-20-13)12-3-4-12/h9-12H,3-8,17H2,1-2H3,(H,18,22). The van der Waals surface area contributed by atoms with Crippen molar-refractivity contribution in [2.75, 3.05) is 13.1 Å². The lowest BCUT2D eigenvalue weighted by molar-refractivity contribution is -0.133. The molecular formula is C16H25N5O3. The van der Waals surface area contributed by atoms with Crippen LogP contribution in [0.1, 0.15) is 62.0 Å². The number of amides is 2. The molecule has 0 aromatic carbocycles. The van der Waals surface area contributed by atoms with E-state index in [1.165, 1.54) is 0 Å². The van der Waals surface area contributed by atoms with Crippen LogP contribution in [0, 0.1) is 5.92 Å². The molecule has 24 heavy (non-hydrogen) atoms. The third kappa shape index (κ3) is 3.75. The van der Waals surface area contributed by atoms with E-state index in [0.717, 1.165) is 25.7 Å². The number of nitrogens with two attached hydrogens (primary N) is 1. The van der Waals surface area contributed by atoms with E-state index in [9.17, 15) is 9.59 Å². The third-order valence-corrected chi connectivity index (χ3v) is 4.88. The fourth-order valence-corrected chi connectivity index (χ4v) is 3.12. The van der Waals surface area contributed by atoms with Crippen LogP contribution in [-0.4, -0.2) is 52.0 Å². The summed E-state index contributed by atoms with van der Waals surface area (Å²) in [5.74, 6) is 1.02. The van der Waals surface area contributed by atoms with E-state index in [-0.39, 0.29) is 23.7 Å². The first-order valence-corrected chi connectivity index (χ1v) is 8.64. The van der Waals surface area contributed by atoms with Gasteiger partial charge in [0.1, 0.15) is 0 Å². The molecule has 2 aliphatic rings. The second-order valence-electron chi connectivity index (χ2n) is 6.94. The Bertz CT molecular complexity index is 603. The molecule has 0 spiro atoms. The molecule has 1 aromatic rings. The van der Waals surface area contributed by atoms with Crippen molar-refractivity contribution in [2.45, 2.75) is 57.5 Å². The Balaban J connectivity index is 1.49. The Morgan fingerprint density at radius 1 is 1.25 bits per heavy atom. The van der Waals surface area contributed by atoms with Crippen LogP contribution in [0.5, 0.6) is 0 Å². The third-order valence-electron chi connectivity index (χ3n) is 4.88. The quantitative estimate of drug-likeness (QED) is 0.816. The summed E-state index contributed by atoms with van der Waals surface area (Å²) in [5.41, 5.74) is 5.65. The van der Waals surface area contributed by atoms with Gasteiger partial charge in [-0.3, -0.25) is 9.59 Å². The van der Waals surface area contributed by atoms with Crippen LogP contribution in [0.15, 0.2) is 4.52 Å². The summed E-state index contributed by atoms with van der Waals surface area (Å²) >= 11 is 0. The molecule has 132 valence electrons.